The van der Waals surface area contributed by atoms with Gasteiger partial charge in [0.1, 0.15) is 11.5 Å². The smallest absolute Gasteiger partial charge is 0.221 e. The average Bonchev–Trinajstić information content (AvgIpc) is 2.74. The molecule has 0 aliphatic rings. The summed E-state index contributed by atoms with van der Waals surface area (Å²) in [5.41, 5.74) is 8.11. The molecule has 21 heavy (non-hydrogen) atoms. The van der Waals surface area contributed by atoms with Crippen LogP contribution in [0.2, 0.25) is 0 Å². The first kappa shape index (κ1) is 15.4. The Balaban J connectivity index is 2.25. The average molecular weight is 289 g/mol. The number of rotatable bonds is 6. The largest absolute Gasteiger partial charge is 0.497 e. The zero-order valence-corrected chi connectivity index (χ0v) is 13.1. The molecular formula is C16H23N3O2. The van der Waals surface area contributed by atoms with Gasteiger partial charge in [-0.1, -0.05) is 6.92 Å². The van der Waals surface area contributed by atoms with E-state index in [4.69, 9.17) is 15.2 Å². The number of aryl methyl sites for hydroxylation is 2. The monoisotopic (exact) mass is 289 g/mol. The van der Waals surface area contributed by atoms with Crippen molar-refractivity contribution in [2.24, 2.45) is 12.8 Å². The summed E-state index contributed by atoms with van der Waals surface area (Å²) in [5.74, 6) is 2.31. The van der Waals surface area contributed by atoms with Gasteiger partial charge in [0.2, 0.25) is 5.88 Å². The number of methoxy groups -OCH3 is 1. The van der Waals surface area contributed by atoms with E-state index in [2.05, 4.69) is 12.0 Å². The molecule has 0 aliphatic carbocycles. The van der Waals surface area contributed by atoms with Crippen LogP contribution in [0.1, 0.15) is 24.6 Å². The van der Waals surface area contributed by atoms with Gasteiger partial charge in [-0.3, -0.25) is 0 Å². The number of aromatic nitrogens is 2. The molecule has 1 aromatic carbocycles. The summed E-state index contributed by atoms with van der Waals surface area (Å²) in [4.78, 5) is 0. The van der Waals surface area contributed by atoms with Crippen LogP contribution in [0.15, 0.2) is 24.3 Å². The van der Waals surface area contributed by atoms with Gasteiger partial charge in [-0.15, -0.1) is 0 Å². The molecule has 0 saturated carbocycles. The van der Waals surface area contributed by atoms with Crippen LogP contribution in [0.25, 0.3) is 0 Å². The van der Waals surface area contributed by atoms with Gasteiger partial charge in [0.15, 0.2) is 0 Å². The van der Waals surface area contributed by atoms with Gasteiger partial charge in [0.05, 0.1) is 12.8 Å². The molecule has 0 amide bonds. The normalized spacial score (nSPS) is 12.2. The van der Waals surface area contributed by atoms with Crippen molar-refractivity contribution in [2.75, 3.05) is 7.11 Å². The van der Waals surface area contributed by atoms with E-state index in [-0.39, 0.29) is 6.04 Å². The third-order valence-corrected chi connectivity index (χ3v) is 3.55. The SMILES string of the molecule is CCC(N)Cc1c(C)nn(C)c1Oc1ccc(OC)cc1. The van der Waals surface area contributed by atoms with Gasteiger partial charge in [-0.05, 0) is 44.0 Å². The van der Waals surface area contributed by atoms with E-state index >= 15 is 0 Å². The summed E-state index contributed by atoms with van der Waals surface area (Å²) in [7, 11) is 3.53. The van der Waals surface area contributed by atoms with Crippen LogP contribution in [-0.4, -0.2) is 22.9 Å². The molecule has 1 aromatic heterocycles. The van der Waals surface area contributed by atoms with Crippen molar-refractivity contribution in [1.29, 1.82) is 0 Å². The predicted molar refractivity (Wildman–Crippen MR) is 83.0 cm³/mol. The highest BCUT2D eigenvalue weighted by atomic mass is 16.5. The minimum absolute atomic E-state index is 0.117. The zero-order chi connectivity index (χ0) is 15.4. The van der Waals surface area contributed by atoms with Crippen molar-refractivity contribution in [3.63, 3.8) is 0 Å². The van der Waals surface area contributed by atoms with E-state index in [9.17, 15) is 0 Å². The molecule has 0 saturated heterocycles. The lowest BCUT2D eigenvalue weighted by molar-refractivity contribution is 0.407. The highest BCUT2D eigenvalue weighted by Gasteiger charge is 2.17. The molecule has 0 aliphatic heterocycles. The molecular weight excluding hydrogens is 266 g/mol. The highest BCUT2D eigenvalue weighted by molar-refractivity contribution is 5.38. The van der Waals surface area contributed by atoms with E-state index < -0.39 is 0 Å². The van der Waals surface area contributed by atoms with Crippen molar-refractivity contribution < 1.29 is 9.47 Å². The summed E-state index contributed by atoms with van der Waals surface area (Å²) in [6.07, 6.45) is 1.69. The summed E-state index contributed by atoms with van der Waals surface area (Å²) >= 11 is 0. The Labute approximate surface area is 125 Å². The van der Waals surface area contributed by atoms with Crippen LogP contribution in [0.5, 0.6) is 17.4 Å². The molecule has 1 heterocycles. The zero-order valence-electron chi connectivity index (χ0n) is 13.1. The fourth-order valence-corrected chi connectivity index (χ4v) is 2.21. The van der Waals surface area contributed by atoms with Crippen molar-refractivity contribution in [2.45, 2.75) is 32.7 Å². The van der Waals surface area contributed by atoms with E-state index in [0.717, 1.165) is 41.5 Å². The second-order valence-electron chi connectivity index (χ2n) is 5.14. The van der Waals surface area contributed by atoms with Gasteiger partial charge >= 0.3 is 0 Å². The standard InChI is InChI=1S/C16H23N3O2/c1-5-12(17)10-15-11(2)18-19(3)16(15)21-14-8-6-13(20-4)7-9-14/h6-9,12H,5,10,17H2,1-4H3. The fourth-order valence-electron chi connectivity index (χ4n) is 2.21. The lowest BCUT2D eigenvalue weighted by atomic mass is 10.1. The Hall–Kier alpha value is -2.01. The van der Waals surface area contributed by atoms with Crippen LogP contribution in [-0.2, 0) is 13.5 Å². The molecule has 2 rings (SSSR count). The Morgan fingerprint density at radius 1 is 1.24 bits per heavy atom. The van der Waals surface area contributed by atoms with Gasteiger partial charge in [0, 0.05) is 18.7 Å². The first-order chi connectivity index (χ1) is 10.0. The second kappa shape index (κ2) is 6.63. The summed E-state index contributed by atoms with van der Waals surface area (Å²) in [5, 5.41) is 4.44. The first-order valence-electron chi connectivity index (χ1n) is 7.15. The van der Waals surface area contributed by atoms with E-state index in [1.165, 1.54) is 0 Å². The number of nitrogens with zero attached hydrogens (tertiary/aromatic N) is 2. The molecule has 2 aromatic rings. The van der Waals surface area contributed by atoms with Crippen molar-refractivity contribution in [1.82, 2.24) is 9.78 Å². The quantitative estimate of drug-likeness (QED) is 0.888. The molecule has 1 unspecified atom stereocenters. The molecule has 0 spiro atoms. The number of hydrogen-bond acceptors (Lipinski definition) is 4. The first-order valence-corrected chi connectivity index (χ1v) is 7.15. The van der Waals surface area contributed by atoms with Gasteiger partial charge < -0.3 is 15.2 Å². The predicted octanol–water partition coefficient (Wildman–Crippen LogP) is 2.81. The maximum absolute atomic E-state index is 6.07. The lowest BCUT2D eigenvalue weighted by Crippen LogP contribution is -2.21. The summed E-state index contributed by atoms with van der Waals surface area (Å²) in [6.45, 7) is 4.07. The Morgan fingerprint density at radius 3 is 2.43 bits per heavy atom. The van der Waals surface area contributed by atoms with Gasteiger partial charge in [-0.2, -0.15) is 5.10 Å². The van der Waals surface area contributed by atoms with Crippen molar-refractivity contribution in [3.05, 3.63) is 35.5 Å². The van der Waals surface area contributed by atoms with Gasteiger partial charge in [-0.25, -0.2) is 4.68 Å². The van der Waals surface area contributed by atoms with Crippen LogP contribution in [0.4, 0.5) is 0 Å². The van der Waals surface area contributed by atoms with E-state index in [0.29, 0.717) is 0 Å². The second-order valence-corrected chi connectivity index (χ2v) is 5.14. The van der Waals surface area contributed by atoms with Gasteiger partial charge in [0.25, 0.3) is 0 Å². The number of ether oxygens (including phenoxy) is 2. The maximum atomic E-state index is 6.07. The number of hydrogen-bond donors (Lipinski definition) is 1. The maximum Gasteiger partial charge on any atom is 0.221 e. The topological polar surface area (TPSA) is 62.3 Å². The Bertz CT molecular complexity index is 590. The third kappa shape index (κ3) is 3.55. The van der Waals surface area contributed by atoms with Crippen LogP contribution >= 0.6 is 0 Å². The van der Waals surface area contributed by atoms with Crippen molar-refractivity contribution >= 4 is 0 Å². The molecule has 0 fully saturated rings. The molecule has 5 nitrogen and oxygen atoms in total. The third-order valence-electron chi connectivity index (χ3n) is 3.55. The molecule has 2 N–H and O–H groups in total. The number of benzene rings is 1. The minimum Gasteiger partial charge on any atom is -0.497 e. The summed E-state index contributed by atoms with van der Waals surface area (Å²) in [6, 6.07) is 7.62. The van der Waals surface area contributed by atoms with E-state index in [1.807, 2.05) is 38.2 Å². The molecule has 5 heteroatoms. The Kier molecular flexibility index (Phi) is 4.85. The van der Waals surface area contributed by atoms with Crippen LogP contribution in [0.3, 0.4) is 0 Å². The van der Waals surface area contributed by atoms with Crippen LogP contribution < -0.4 is 15.2 Å². The molecule has 0 radical (unpaired) electrons. The minimum atomic E-state index is 0.117. The van der Waals surface area contributed by atoms with Crippen molar-refractivity contribution in [3.8, 4) is 17.4 Å². The summed E-state index contributed by atoms with van der Waals surface area (Å²) < 4.78 is 12.9. The highest BCUT2D eigenvalue weighted by Crippen LogP contribution is 2.29. The fraction of sp³-hybridized carbons (Fsp3) is 0.438. The Morgan fingerprint density at radius 2 is 1.86 bits per heavy atom. The van der Waals surface area contributed by atoms with Crippen LogP contribution in [0, 0.1) is 6.92 Å². The lowest BCUT2D eigenvalue weighted by Gasteiger charge is -2.12. The molecule has 1 atom stereocenters. The van der Waals surface area contributed by atoms with E-state index in [1.54, 1.807) is 11.8 Å². The number of nitrogens with two attached hydrogens (primary N) is 1. The molecule has 114 valence electrons. The molecule has 0 bridgehead atoms.